The molecule has 1 aliphatic heterocycles. The van der Waals surface area contributed by atoms with Crippen molar-refractivity contribution in [1.82, 2.24) is 10.2 Å². The first-order chi connectivity index (χ1) is 17.1. The first-order valence-electron chi connectivity index (χ1n) is 12.1. The van der Waals surface area contributed by atoms with E-state index in [9.17, 15) is 9.59 Å². The Bertz CT molecular complexity index is 1120. The van der Waals surface area contributed by atoms with Gasteiger partial charge < -0.3 is 19.7 Å². The van der Waals surface area contributed by atoms with Gasteiger partial charge in [-0.3, -0.25) is 9.59 Å². The van der Waals surface area contributed by atoms with Gasteiger partial charge >= 0.3 is 0 Å². The van der Waals surface area contributed by atoms with E-state index in [1.807, 2.05) is 83.8 Å². The molecule has 6 heteroatoms. The molecular weight excluding hydrogens is 440 g/mol. The molecule has 3 aromatic carbocycles. The number of carbonyl (C=O) groups excluding carboxylic acids is 2. The second kappa shape index (κ2) is 12.1. The van der Waals surface area contributed by atoms with Crippen molar-refractivity contribution < 1.29 is 19.1 Å². The highest BCUT2D eigenvalue weighted by molar-refractivity contribution is 5.82. The minimum atomic E-state index is -0.196. The molecule has 1 unspecified atom stereocenters. The number of hydrogen-bond acceptors (Lipinski definition) is 4. The molecule has 0 saturated carbocycles. The number of amides is 2. The zero-order chi connectivity index (χ0) is 24.5. The van der Waals surface area contributed by atoms with E-state index >= 15 is 0 Å². The Labute approximate surface area is 206 Å². The SMILES string of the molecule is COc1cc(CNC(=O)C2CCCN(C(=O)Cc3ccccc3)C2)ccc1OCc1ccccc1. The molecule has 0 bridgehead atoms. The summed E-state index contributed by atoms with van der Waals surface area (Å²) in [6, 6.07) is 25.4. The maximum Gasteiger partial charge on any atom is 0.227 e. The molecule has 4 rings (SSSR count). The molecule has 1 fully saturated rings. The molecular formula is C29H32N2O4. The molecule has 1 aliphatic rings. The molecule has 6 nitrogen and oxygen atoms in total. The summed E-state index contributed by atoms with van der Waals surface area (Å²) in [6.45, 7) is 2.02. The highest BCUT2D eigenvalue weighted by atomic mass is 16.5. The van der Waals surface area contributed by atoms with Gasteiger partial charge in [-0.25, -0.2) is 0 Å². The lowest BCUT2D eigenvalue weighted by atomic mass is 9.96. The molecule has 1 heterocycles. The number of rotatable bonds is 9. The third-order valence-electron chi connectivity index (χ3n) is 6.28. The third kappa shape index (κ3) is 6.85. The molecule has 182 valence electrons. The van der Waals surface area contributed by atoms with Crippen molar-refractivity contribution in [3.8, 4) is 11.5 Å². The van der Waals surface area contributed by atoms with E-state index in [0.717, 1.165) is 29.5 Å². The van der Waals surface area contributed by atoms with Crippen molar-refractivity contribution in [1.29, 1.82) is 0 Å². The van der Waals surface area contributed by atoms with Crippen LogP contribution in [-0.2, 0) is 29.2 Å². The van der Waals surface area contributed by atoms with Crippen molar-refractivity contribution in [3.63, 3.8) is 0 Å². The summed E-state index contributed by atoms with van der Waals surface area (Å²) in [4.78, 5) is 27.4. The number of nitrogens with zero attached hydrogens (tertiary/aromatic N) is 1. The van der Waals surface area contributed by atoms with Crippen molar-refractivity contribution in [2.24, 2.45) is 5.92 Å². The third-order valence-corrected chi connectivity index (χ3v) is 6.28. The van der Waals surface area contributed by atoms with E-state index in [4.69, 9.17) is 9.47 Å². The van der Waals surface area contributed by atoms with E-state index in [1.165, 1.54) is 0 Å². The highest BCUT2D eigenvalue weighted by Gasteiger charge is 2.28. The fourth-order valence-electron chi connectivity index (χ4n) is 4.31. The van der Waals surface area contributed by atoms with E-state index in [-0.39, 0.29) is 17.7 Å². The summed E-state index contributed by atoms with van der Waals surface area (Å²) in [7, 11) is 1.61. The number of carbonyl (C=O) groups is 2. The summed E-state index contributed by atoms with van der Waals surface area (Å²) >= 11 is 0. The normalized spacial score (nSPS) is 15.3. The smallest absolute Gasteiger partial charge is 0.227 e. The minimum absolute atomic E-state index is 0.0226. The van der Waals surface area contributed by atoms with Gasteiger partial charge in [0.05, 0.1) is 19.4 Å². The van der Waals surface area contributed by atoms with Crippen LogP contribution in [0.15, 0.2) is 78.9 Å². The van der Waals surface area contributed by atoms with Crippen LogP contribution >= 0.6 is 0 Å². The number of ether oxygens (including phenoxy) is 2. The topological polar surface area (TPSA) is 67.9 Å². The molecule has 0 spiro atoms. The van der Waals surface area contributed by atoms with Crippen molar-refractivity contribution in [2.75, 3.05) is 20.2 Å². The van der Waals surface area contributed by atoms with Crippen molar-refractivity contribution in [3.05, 3.63) is 95.6 Å². The Morgan fingerprint density at radius 2 is 1.63 bits per heavy atom. The van der Waals surface area contributed by atoms with Crippen LogP contribution in [0.25, 0.3) is 0 Å². The second-order valence-corrected chi connectivity index (χ2v) is 8.82. The lowest BCUT2D eigenvalue weighted by Gasteiger charge is -2.32. The zero-order valence-electron chi connectivity index (χ0n) is 20.1. The highest BCUT2D eigenvalue weighted by Crippen LogP contribution is 2.29. The van der Waals surface area contributed by atoms with E-state index < -0.39 is 0 Å². The monoisotopic (exact) mass is 472 g/mol. The van der Waals surface area contributed by atoms with E-state index in [1.54, 1.807) is 7.11 Å². The van der Waals surface area contributed by atoms with Gasteiger partial charge in [0.2, 0.25) is 11.8 Å². The molecule has 2 amide bonds. The Hall–Kier alpha value is -3.80. The zero-order valence-corrected chi connectivity index (χ0v) is 20.1. The molecule has 1 atom stereocenters. The van der Waals surface area contributed by atoms with Crippen LogP contribution in [0.4, 0.5) is 0 Å². The predicted molar refractivity (Wildman–Crippen MR) is 135 cm³/mol. The Kier molecular flexibility index (Phi) is 8.39. The first kappa shape index (κ1) is 24.3. The number of methoxy groups -OCH3 is 1. The lowest BCUT2D eigenvalue weighted by molar-refractivity contribution is -0.135. The first-order valence-corrected chi connectivity index (χ1v) is 12.1. The quantitative estimate of drug-likeness (QED) is 0.502. The second-order valence-electron chi connectivity index (χ2n) is 8.82. The molecule has 1 saturated heterocycles. The average Bonchev–Trinajstić information content (AvgIpc) is 2.92. The summed E-state index contributed by atoms with van der Waals surface area (Å²) in [5.74, 6) is 1.14. The largest absolute Gasteiger partial charge is 0.493 e. The summed E-state index contributed by atoms with van der Waals surface area (Å²) in [6.07, 6.45) is 1.99. The van der Waals surface area contributed by atoms with Gasteiger partial charge in [-0.05, 0) is 41.7 Å². The van der Waals surface area contributed by atoms with Crippen LogP contribution in [0.1, 0.15) is 29.5 Å². The number of likely N-dealkylation sites (tertiary alicyclic amines) is 1. The molecule has 1 N–H and O–H groups in total. The van der Waals surface area contributed by atoms with Crippen LogP contribution < -0.4 is 14.8 Å². The standard InChI is InChI=1S/C29H32N2O4/c1-34-27-17-24(14-15-26(27)35-21-23-11-6-3-7-12-23)19-30-29(33)25-13-8-16-31(20-25)28(32)18-22-9-4-2-5-10-22/h2-7,9-12,14-15,17,25H,8,13,16,18-21H2,1H3,(H,30,33). The van der Waals surface area contributed by atoms with Crippen LogP contribution in [0.3, 0.4) is 0 Å². The van der Waals surface area contributed by atoms with Gasteiger partial charge in [-0.1, -0.05) is 66.7 Å². The molecule has 35 heavy (non-hydrogen) atoms. The molecule has 0 radical (unpaired) electrons. The summed E-state index contributed by atoms with van der Waals surface area (Å²) in [5.41, 5.74) is 3.00. The average molecular weight is 473 g/mol. The van der Waals surface area contributed by atoms with Gasteiger partial charge in [0, 0.05) is 19.6 Å². The maximum absolute atomic E-state index is 12.9. The Balaban J connectivity index is 1.29. The number of benzene rings is 3. The van der Waals surface area contributed by atoms with Crippen LogP contribution in [0, 0.1) is 5.92 Å². The predicted octanol–water partition coefficient (Wildman–Crippen LogP) is 4.37. The molecule has 3 aromatic rings. The lowest BCUT2D eigenvalue weighted by Crippen LogP contribution is -2.45. The van der Waals surface area contributed by atoms with Gasteiger partial charge in [0.15, 0.2) is 11.5 Å². The summed E-state index contributed by atoms with van der Waals surface area (Å²) < 4.78 is 11.4. The van der Waals surface area contributed by atoms with Gasteiger partial charge in [0.25, 0.3) is 0 Å². The van der Waals surface area contributed by atoms with Crippen LogP contribution in [0.2, 0.25) is 0 Å². The van der Waals surface area contributed by atoms with Gasteiger partial charge in [-0.15, -0.1) is 0 Å². The van der Waals surface area contributed by atoms with E-state index in [2.05, 4.69) is 5.32 Å². The minimum Gasteiger partial charge on any atom is -0.493 e. The number of hydrogen-bond donors (Lipinski definition) is 1. The van der Waals surface area contributed by atoms with Crippen LogP contribution in [0.5, 0.6) is 11.5 Å². The fourth-order valence-corrected chi connectivity index (χ4v) is 4.31. The molecule has 0 aromatic heterocycles. The van der Waals surface area contributed by atoms with Crippen molar-refractivity contribution in [2.45, 2.75) is 32.4 Å². The summed E-state index contributed by atoms with van der Waals surface area (Å²) in [5, 5.41) is 3.03. The van der Waals surface area contributed by atoms with Gasteiger partial charge in [-0.2, -0.15) is 0 Å². The Morgan fingerprint density at radius 3 is 2.34 bits per heavy atom. The fraction of sp³-hybridized carbons (Fsp3) is 0.310. The number of piperidine rings is 1. The number of nitrogens with one attached hydrogen (secondary N) is 1. The van der Waals surface area contributed by atoms with E-state index in [0.29, 0.717) is 44.2 Å². The van der Waals surface area contributed by atoms with Gasteiger partial charge in [0.1, 0.15) is 6.61 Å². The Morgan fingerprint density at radius 1 is 0.914 bits per heavy atom. The van der Waals surface area contributed by atoms with Crippen LogP contribution in [-0.4, -0.2) is 36.9 Å². The molecule has 0 aliphatic carbocycles. The van der Waals surface area contributed by atoms with Crippen molar-refractivity contribution >= 4 is 11.8 Å². The maximum atomic E-state index is 12.9.